The van der Waals surface area contributed by atoms with Gasteiger partial charge in [0.2, 0.25) is 0 Å². The SMILES string of the molecule is CCCCCCCCOC(=O)C=Cc1cc(C(C)C)c(O)c(C(C)C)c1. The number of unbranched alkanes of at least 4 members (excludes halogenated alkanes) is 5. The van der Waals surface area contributed by atoms with E-state index in [1.54, 1.807) is 6.08 Å². The molecule has 0 saturated heterocycles. The first-order chi connectivity index (χ1) is 12.4. The molecule has 1 rings (SSSR count). The zero-order valence-electron chi connectivity index (χ0n) is 17.2. The average Bonchev–Trinajstić information content (AvgIpc) is 2.59. The Kier molecular flexibility index (Phi) is 10.1. The highest BCUT2D eigenvalue weighted by Crippen LogP contribution is 2.35. The van der Waals surface area contributed by atoms with Crippen molar-refractivity contribution in [3.63, 3.8) is 0 Å². The fourth-order valence-electron chi connectivity index (χ4n) is 2.95. The smallest absolute Gasteiger partial charge is 0.330 e. The molecular weight excluding hydrogens is 324 g/mol. The third kappa shape index (κ3) is 7.63. The minimum Gasteiger partial charge on any atom is -0.507 e. The van der Waals surface area contributed by atoms with Crippen LogP contribution >= 0.6 is 0 Å². The molecule has 3 nitrogen and oxygen atoms in total. The summed E-state index contributed by atoms with van der Waals surface area (Å²) >= 11 is 0. The van der Waals surface area contributed by atoms with Gasteiger partial charge in [0.05, 0.1) is 6.61 Å². The van der Waals surface area contributed by atoms with Gasteiger partial charge in [-0.15, -0.1) is 0 Å². The fourth-order valence-corrected chi connectivity index (χ4v) is 2.95. The molecule has 0 saturated carbocycles. The molecule has 0 amide bonds. The van der Waals surface area contributed by atoms with E-state index in [0.29, 0.717) is 12.4 Å². The van der Waals surface area contributed by atoms with Gasteiger partial charge in [0.15, 0.2) is 0 Å². The van der Waals surface area contributed by atoms with Crippen molar-refractivity contribution in [3.8, 4) is 5.75 Å². The number of carbonyl (C=O) groups excluding carboxylic acids is 1. The van der Waals surface area contributed by atoms with E-state index >= 15 is 0 Å². The maximum atomic E-state index is 11.9. The van der Waals surface area contributed by atoms with Gasteiger partial charge in [-0.2, -0.15) is 0 Å². The Balaban J connectivity index is 2.60. The zero-order valence-corrected chi connectivity index (χ0v) is 17.2. The van der Waals surface area contributed by atoms with E-state index in [9.17, 15) is 9.90 Å². The van der Waals surface area contributed by atoms with Crippen LogP contribution in [0.3, 0.4) is 0 Å². The van der Waals surface area contributed by atoms with Crippen molar-refractivity contribution in [1.82, 2.24) is 0 Å². The third-order valence-electron chi connectivity index (χ3n) is 4.59. The average molecular weight is 361 g/mol. The van der Waals surface area contributed by atoms with Gasteiger partial charge in [0.25, 0.3) is 0 Å². The molecule has 0 heterocycles. The minimum atomic E-state index is -0.302. The lowest BCUT2D eigenvalue weighted by atomic mass is 9.91. The van der Waals surface area contributed by atoms with Crippen LogP contribution in [-0.4, -0.2) is 17.7 Å². The molecule has 0 aliphatic carbocycles. The van der Waals surface area contributed by atoms with E-state index in [1.807, 2.05) is 12.1 Å². The Hall–Kier alpha value is -1.77. The summed E-state index contributed by atoms with van der Waals surface area (Å²) in [5, 5.41) is 10.4. The second-order valence-corrected chi connectivity index (χ2v) is 7.63. The molecule has 1 aromatic rings. The number of ether oxygens (including phenoxy) is 1. The molecule has 1 N–H and O–H groups in total. The summed E-state index contributed by atoms with van der Waals surface area (Å²) in [6, 6.07) is 3.90. The van der Waals surface area contributed by atoms with Crippen molar-refractivity contribution in [2.24, 2.45) is 0 Å². The van der Waals surface area contributed by atoms with E-state index in [-0.39, 0.29) is 17.8 Å². The highest BCUT2D eigenvalue weighted by atomic mass is 16.5. The molecule has 3 heteroatoms. The topological polar surface area (TPSA) is 46.5 Å². The first-order valence-electron chi connectivity index (χ1n) is 10.1. The number of phenolic OH excluding ortho intramolecular Hbond substituents is 1. The first kappa shape index (κ1) is 22.3. The van der Waals surface area contributed by atoms with Gasteiger partial charge >= 0.3 is 5.97 Å². The zero-order chi connectivity index (χ0) is 19.5. The first-order valence-corrected chi connectivity index (χ1v) is 10.1. The summed E-state index contributed by atoms with van der Waals surface area (Å²) < 4.78 is 5.27. The molecule has 0 fully saturated rings. The summed E-state index contributed by atoms with van der Waals surface area (Å²) in [5.41, 5.74) is 2.75. The molecule has 1 aromatic carbocycles. The second kappa shape index (κ2) is 11.8. The van der Waals surface area contributed by atoms with Gasteiger partial charge in [-0.3, -0.25) is 0 Å². The maximum Gasteiger partial charge on any atom is 0.330 e. The number of hydrogen-bond acceptors (Lipinski definition) is 3. The number of rotatable bonds is 11. The van der Waals surface area contributed by atoms with Crippen molar-refractivity contribution in [2.45, 2.75) is 85.0 Å². The summed E-state index contributed by atoms with van der Waals surface area (Å²) in [7, 11) is 0. The number of esters is 1. The van der Waals surface area contributed by atoms with Crippen LogP contribution in [0.1, 0.15) is 102 Å². The minimum absolute atomic E-state index is 0.223. The van der Waals surface area contributed by atoms with Crippen LogP contribution in [0, 0.1) is 0 Å². The maximum absolute atomic E-state index is 11.9. The van der Waals surface area contributed by atoms with Crippen LogP contribution in [0.25, 0.3) is 6.08 Å². The van der Waals surface area contributed by atoms with Gasteiger partial charge in [-0.05, 0) is 53.2 Å². The van der Waals surface area contributed by atoms with Crippen molar-refractivity contribution in [3.05, 3.63) is 34.9 Å². The lowest BCUT2D eigenvalue weighted by Crippen LogP contribution is -2.02. The van der Waals surface area contributed by atoms with Crippen molar-refractivity contribution < 1.29 is 14.6 Å². The Morgan fingerprint density at radius 3 is 2.08 bits per heavy atom. The molecular formula is C23H36O3. The highest BCUT2D eigenvalue weighted by molar-refractivity contribution is 5.87. The van der Waals surface area contributed by atoms with Gasteiger partial charge in [-0.1, -0.05) is 66.7 Å². The molecule has 146 valence electrons. The second-order valence-electron chi connectivity index (χ2n) is 7.63. The molecule has 0 bridgehead atoms. The molecule has 0 aromatic heterocycles. The molecule has 26 heavy (non-hydrogen) atoms. The predicted molar refractivity (Wildman–Crippen MR) is 110 cm³/mol. The number of hydrogen-bond donors (Lipinski definition) is 1. The van der Waals surface area contributed by atoms with Crippen molar-refractivity contribution in [2.75, 3.05) is 6.61 Å². The van der Waals surface area contributed by atoms with Gasteiger partial charge in [-0.25, -0.2) is 4.79 Å². The van der Waals surface area contributed by atoms with Crippen LogP contribution in [0.15, 0.2) is 18.2 Å². The summed E-state index contributed by atoms with van der Waals surface area (Å²) in [6.07, 6.45) is 10.3. The third-order valence-corrected chi connectivity index (χ3v) is 4.59. The van der Waals surface area contributed by atoms with E-state index in [1.165, 1.54) is 31.8 Å². The van der Waals surface area contributed by atoms with Crippen molar-refractivity contribution >= 4 is 12.0 Å². The van der Waals surface area contributed by atoms with E-state index in [0.717, 1.165) is 29.5 Å². The van der Waals surface area contributed by atoms with E-state index < -0.39 is 0 Å². The van der Waals surface area contributed by atoms with Gasteiger partial charge < -0.3 is 9.84 Å². The predicted octanol–water partition coefficient (Wildman–Crippen LogP) is 6.56. The van der Waals surface area contributed by atoms with Crippen LogP contribution in [-0.2, 0) is 9.53 Å². The quantitative estimate of drug-likeness (QED) is 0.276. The largest absolute Gasteiger partial charge is 0.507 e. The molecule has 0 radical (unpaired) electrons. The van der Waals surface area contributed by atoms with Crippen LogP contribution < -0.4 is 0 Å². The van der Waals surface area contributed by atoms with Crippen LogP contribution in [0.2, 0.25) is 0 Å². The molecule has 0 aliphatic rings. The Morgan fingerprint density at radius 1 is 1.00 bits per heavy atom. The molecule has 0 spiro atoms. The summed E-state index contributed by atoms with van der Waals surface area (Å²) in [6.45, 7) is 10.9. The van der Waals surface area contributed by atoms with E-state index in [4.69, 9.17) is 4.74 Å². The molecule has 0 aliphatic heterocycles. The lowest BCUT2D eigenvalue weighted by Gasteiger charge is -2.16. The molecule has 0 atom stereocenters. The summed E-state index contributed by atoms with van der Waals surface area (Å²) in [5.74, 6) is 0.516. The Labute approximate surface area is 159 Å². The highest BCUT2D eigenvalue weighted by Gasteiger charge is 2.14. The van der Waals surface area contributed by atoms with E-state index in [2.05, 4.69) is 34.6 Å². The normalized spacial score (nSPS) is 11.7. The Morgan fingerprint density at radius 2 is 1.54 bits per heavy atom. The monoisotopic (exact) mass is 360 g/mol. The fraction of sp³-hybridized carbons (Fsp3) is 0.609. The van der Waals surface area contributed by atoms with Crippen LogP contribution in [0.5, 0.6) is 5.75 Å². The lowest BCUT2D eigenvalue weighted by molar-refractivity contribution is -0.137. The summed E-state index contributed by atoms with van der Waals surface area (Å²) in [4.78, 5) is 11.9. The van der Waals surface area contributed by atoms with Gasteiger partial charge in [0.1, 0.15) is 5.75 Å². The van der Waals surface area contributed by atoms with Crippen LogP contribution in [0.4, 0.5) is 0 Å². The Bertz CT molecular complexity index is 556. The molecule has 0 unspecified atom stereocenters. The standard InChI is InChI=1S/C23H36O3/c1-6-7-8-9-10-11-14-26-22(24)13-12-19-15-20(17(2)3)23(25)21(16-19)18(4)5/h12-13,15-18,25H,6-11,14H2,1-5H3. The van der Waals surface area contributed by atoms with Gasteiger partial charge in [0, 0.05) is 6.08 Å². The number of benzene rings is 1. The van der Waals surface area contributed by atoms with Crippen molar-refractivity contribution in [1.29, 1.82) is 0 Å². The number of carbonyl (C=O) groups is 1. The number of aromatic hydroxyl groups is 1. The number of phenols is 1.